The Morgan fingerprint density at radius 1 is 0.654 bits per heavy atom. The predicted octanol–water partition coefficient (Wildman–Crippen LogP) is 7.20. The van der Waals surface area contributed by atoms with Gasteiger partial charge in [0.2, 0.25) is 0 Å². The zero-order valence-electron chi connectivity index (χ0n) is 27.7. The number of aromatic nitrogens is 5. The molecule has 17 heteroatoms. The summed E-state index contributed by atoms with van der Waals surface area (Å²) in [6, 6.07) is 19.0. The number of hydrogen-bond donors (Lipinski definition) is 0. The van der Waals surface area contributed by atoms with Crippen LogP contribution in [0, 0.1) is 0 Å². The number of carbonyl (C=O) groups excluding carboxylic acids is 2. The third kappa shape index (κ3) is 10.6. The van der Waals surface area contributed by atoms with E-state index in [0.29, 0.717) is 18.0 Å². The molecule has 0 aliphatic rings. The first-order chi connectivity index (χ1) is 24.6. The number of rotatable bonds is 11. The summed E-state index contributed by atoms with van der Waals surface area (Å²) in [6.07, 6.45) is -5.72. The first-order valence-corrected chi connectivity index (χ1v) is 16.2. The summed E-state index contributed by atoms with van der Waals surface area (Å²) in [5.41, 5.74) is -0.629. The van der Waals surface area contributed by atoms with Gasteiger partial charge >= 0.3 is 24.3 Å². The molecular weight excluding hydrogens is 720 g/mol. The lowest BCUT2D eigenvalue weighted by molar-refractivity contribution is -0.142. The number of hydrogen-bond acceptors (Lipinski definition) is 7. The summed E-state index contributed by atoms with van der Waals surface area (Å²) in [5, 5.41) is 7.01. The molecule has 5 rings (SSSR count). The van der Waals surface area contributed by atoms with Gasteiger partial charge in [-0.15, -0.1) is 11.6 Å². The van der Waals surface area contributed by atoms with E-state index in [1.54, 1.807) is 71.4 Å². The van der Waals surface area contributed by atoms with Gasteiger partial charge < -0.3 is 14.0 Å². The monoisotopic (exact) mass is 751 g/mol. The zero-order chi connectivity index (χ0) is 38.1. The Hall–Kier alpha value is -5.38. The Morgan fingerprint density at radius 3 is 1.42 bits per heavy atom. The Bertz CT molecular complexity index is 2020. The Balaban J connectivity index is 0.000000239. The first kappa shape index (κ1) is 39.4. The highest BCUT2D eigenvalue weighted by Gasteiger charge is 2.40. The second-order valence-electron chi connectivity index (χ2n) is 11.0. The number of benzene rings is 2. The molecule has 0 radical (unpaired) electrons. The van der Waals surface area contributed by atoms with E-state index in [1.807, 2.05) is 0 Å². The van der Waals surface area contributed by atoms with Crippen LogP contribution in [-0.2, 0) is 47.3 Å². The van der Waals surface area contributed by atoms with E-state index in [1.165, 1.54) is 19.9 Å². The number of ether oxygens (including phenoxy) is 2. The van der Waals surface area contributed by atoms with Gasteiger partial charge in [0.05, 0.1) is 32.8 Å². The Morgan fingerprint density at radius 2 is 1.06 bits per heavy atom. The average molecular weight is 752 g/mol. The van der Waals surface area contributed by atoms with Crippen LogP contribution in [0.2, 0.25) is 0 Å². The highest BCUT2D eigenvalue weighted by Crippen LogP contribution is 2.32. The van der Waals surface area contributed by atoms with Crippen LogP contribution in [-0.4, -0.2) is 49.3 Å². The van der Waals surface area contributed by atoms with Crippen molar-refractivity contribution in [3.05, 3.63) is 140 Å². The normalized spacial score (nSPS) is 11.5. The number of alkyl halides is 7. The summed E-state index contributed by atoms with van der Waals surface area (Å²) in [6.45, 7) is 3.52. The highest BCUT2D eigenvalue weighted by molar-refractivity contribution is 6.17. The van der Waals surface area contributed by atoms with E-state index in [0.717, 1.165) is 38.4 Å². The zero-order valence-corrected chi connectivity index (χ0v) is 28.5. The minimum atomic E-state index is -4.76. The van der Waals surface area contributed by atoms with Crippen LogP contribution in [0.4, 0.5) is 26.3 Å². The lowest BCUT2D eigenvalue weighted by Crippen LogP contribution is -2.18. The molecule has 0 aliphatic heterocycles. The molecule has 10 nitrogen and oxygen atoms in total. The van der Waals surface area contributed by atoms with Crippen LogP contribution in [0.15, 0.2) is 90.1 Å². The topological polar surface area (TPSA) is 110 Å². The lowest BCUT2D eigenvalue weighted by Gasteiger charge is -2.07. The van der Waals surface area contributed by atoms with Gasteiger partial charge in [0, 0.05) is 30.5 Å². The minimum absolute atomic E-state index is 0.0127. The molecule has 0 unspecified atom stereocenters. The first-order valence-electron chi connectivity index (χ1n) is 15.6. The molecule has 52 heavy (non-hydrogen) atoms. The molecular formula is C35H32ClF6N5O5. The molecule has 5 aromatic rings. The van der Waals surface area contributed by atoms with Crippen molar-refractivity contribution in [3.63, 3.8) is 0 Å². The standard InChI is InChI=1S/C20H18F3N3O3.C15H14ClF3N2O2/c1-2-29-19(28)16-13-26(24-18(16)20(21,22)23)12-15-8-6-14(7-9-15)11-25-10-4-3-5-17(25)27;1-2-23-14(22)12-9-21(20-13(12)15(17,18)19)8-11-5-3-10(7-16)4-6-11/h3-10,13H,2,11-12H2,1H3;3-6,9H,2,7-8H2,1H3. The van der Waals surface area contributed by atoms with Gasteiger partial charge in [-0.1, -0.05) is 54.6 Å². The lowest BCUT2D eigenvalue weighted by atomic mass is 10.1. The molecule has 0 saturated heterocycles. The van der Waals surface area contributed by atoms with Gasteiger partial charge in [0.25, 0.3) is 5.56 Å². The summed E-state index contributed by atoms with van der Waals surface area (Å²) >= 11 is 5.68. The molecule has 0 spiro atoms. The fourth-order valence-corrected chi connectivity index (χ4v) is 4.96. The number of esters is 2. The number of carbonyl (C=O) groups is 2. The van der Waals surface area contributed by atoms with Crippen LogP contribution in [0.3, 0.4) is 0 Å². The summed E-state index contributed by atoms with van der Waals surface area (Å²) < 4.78 is 91.6. The quantitative estimate of drug-likeness (QED) is 0.0798. The average Bonchev–Trinajstić information content (AvgIpc) is 3.73. The second kappa shape index (κ2) is 17.2. The van der Waals surface area contributed by atoms with Crippen molar-refractivity contribution in [1.82, 2.24) is 24.1 Å². The van der Waals surface area contributed by atoms with E-state index < -0.39 is 46.8 Å². The van der Waals surface area contributed by atoms with Gasteiger partial charge in [-0.3, -0.25) is 14.2 Å². The van der Waals surface area contributed by atoms with Gasteiger partial charge in [-0.05, 0) is 42.2 Å². The minimum Gasteiger partial charge on any atom is -0.462 e. The smallest absolute Gasteiger partial charge is 0.436 e. The molecule has 0 atom stereocenters. The van der Waals surface area contributed by atoms with E-state index in [4.69, 9.17) is 11.6 Å². The molecule has 0 bridgehead atoms. The largest absolute Gasteiger partial charge is 0.462 e. The van der Waals surface area contributed by atoms with Crippen molar-refractivity contribution in [3.8, 4) is 0 Å². The van der Waals surface area contributed by atoms with E-state index in [2.05, 4.69) is 19.7 Å². The van der Waals surface area contributed by atoms with Crippen molar-refractivity contribution < 1.29 is 45.4 Å². The number of nitrogens with zero attached hydrogens (tertiary/aromatic N) is 5. The van der Waals surface area contributed by atoms with E-state index in [9.17, 15) is 40.7 Å². The maximum atomic E-state index is 13.2. The van der Waals surface area contributed by atoms with Crippen molar-refractivity contribution in [2.75, 3.05) is 13.2 Å². The maximum Gasteiger partial charge on any atom is 0.436 e. The summed E-state index contributed by atoms with van der Waals surface area (Å²) in [5.74, 6) is -1.74. The second-order valence-corrected chi connectivity index (χ2v) is 11.3. The molecule has 3 heterocycles. The number of pyridine rings is 1. The van der Waals surface area contributed by atoms with Crippen LogP contribution >= 0.6 is 11.6 Å². The molecule has 2 aromatic carbocycles. The van der Waals surface area contributed by atoms with Crippen molar-refractivity contribution in [2.45, 2.75) is 51.7 Å². The molecule has 0 aliphatic carbocycles. The van der Waals surface area contributed by atoms with Gasteiger partial charge in [0.15, 0.2) is 11.4 Å². The molecule has 276 valence electrons. The van der Waals surface area contributed by atoms with Crippen LogP contribution in [0.1, 0.15) is 68.2 Å². The van der Waals surface area contributed by atoms with E-state index in [-0.39, 0.29) is 31.9 Å². The predicted molar refractivity (Wildman–Crippen MR) is 177 cm³/mol. The maximum absolute atomic E-state index is 13.2. The highest BCUT2D eigenvalue weighted by atomic mass is 35.5. The third-order valence-corrected chi connectivity index (χ3v) is 7.50. The summed E-state index contributed by atoms with van der Waals surface area (Å²) in [7, 11) is 0. The van der Waals surface area contributed by atoms with Crippen molar-refractivity contribution >= 4 is 23.5 Å². The Kier molecular flexibility index (Phi) is 13.1. The van der Waals surface area contributed by atoms with Crippen molar-refractivity contribution in [1.29, 1.82) is 0 Å². The van der Waals surface area contributed by atoms with Gasteiger partial charge in [0.1, 0.15) is 11.1 Å². The Labute approximate surface area is 298 Å². The third-order valence-electron chi connectivity index (χ3n) is 7.19. The van der Waals surface area contributed by atoms with Crippen molar-refractivity contribution in [2.24, 2.45) is 0 Å². The van der Waals surface area contributed by atoms with Crippen LogP contribution in [0.25, 0.3) is 0 Å². The van der Waals surface area contributed by atoms with Crippen LogP contribution < -0.4 is 5.56 Å². The van der Waals surface area contributed by atoms with Gasteiger partial charge in [-0.2, -0.15) is 36.5 Å². The van der Waals surface area contributed by atoms with E-state index >= 15 is 0 Å². The molecule has 0 saturated carbocycles. The molecule has 3 aromatic heterocycles. The SMILES string of the molecule is CCOC(=O)c1cn(Cc2ccc(CCl)cc2)nc1C(F)(F)F.CCOC(=O)c1cn(Cc2ccc(Cn3ccccc3=O)cc2)nc1C(F)(F)F. The molecule has 0 amide bonds. The molecule has 0 fully saturated rings. The molecule has 0 N–H and O–H groups in total. The number of halogens is 7. The fourth-order valence-electron chi connectivity index (χ4n) is 4.79. The van der Waals surface area contributed by atoms with Crippen LogP contribution in [0.5, 0.6) is 0 Å². The fraction of sp³-hybridized carbons (Fsp3) is 0.286. The van der Waals surface area contributed by atoms with Gasteiger partial charge in [-0.25, -0.2) is 9.59 Å². The summed E-state index contributed by atoms with van der Waals surface area (Å²) in [4.78, 5) is 35.3.